The van der Waals surface area contributed by atoms with Gasteiger partial charge in [-0.1, -0.05) is 48.5 Å². The predicted octanol–water partition coefficient (Wildman–Crippen LogP) is 4.45. The Labute approximate surface area is 182 Å². The van der Waals surface area contributed by atoms with E-state index in [1.165, 1.54) is 0 Å². The lowest BCUT2D eigenvalue weighted by Gasteiger charge is -2.34. The summed E-state index contributed by atoms with van der Waals surface area (Å²) in [4.78, 5) is 29.3. The van der Waals surface area contributed by atoms with Crippen LogP contribution in [0.1, 0.15) is 30.2 Å². The number of anilines is 1. The van der Waals surface area contributed by atoms with Gasteiger partial charge in [0, 0.05) is 31.7 Å². The van der Waals surface area contributed by atoms with Gasteiger partial charge in [0.15, 0.2) is 0 Å². The number of carbonyl (C=O) groups excluding carboxylic acids is 2. The van der Waals surface area contributed by atoms with E-state index in [0.717, 1.165) is 11.3 Å². The number of hydrogen-bond acceptors (Lipinski definition) is 3. The molecule has 3 aromatic rings. The fourth-order valence-electron chi connectivity index (χ4n) is 3.99. The van der Waals surface area contributed by atoms with Gasteiger partial charge >= 0.3 is 6.03 Å². The maximum absolute atomic E-state index is 13.0. The molecule has 0 saturated carbocycles. The Hall–Kier alpha value is -3.54. The Kier molecular flexibility index (Phi) is 6.36. The number of urea groups is 1. The third-order valence-corrected chi connectivity index (χ3v) is 5.81. The molecule has 2 heterocycles. The van der Waals surface area contributed by atoms with E-state index < -0.39 is 0 Å². The zero-order chi connectivity index (χ0) is 21.6. The zero-order valence-corrected chi connectivity index (χ0v) is 17.6. The molecule has 160 valence electrons. The zero-order valence-electron chi connectivity index (χ0n) is 17.6. The topological polar surface area (TPSA) is 65.8 Å². The van der Waals surface area contributed by atoms with Crippen LogP contribution in [0.25, 0.3) is 0 Å². The van der Waals surface area contributed by atoms with Crippen molar-refractivity contribution in [2.24, 2.45) is 5.92 Å². The predicted molar refractivity (Wildman–Crippen MR) is 120 cm³/mol. The molecule has 0 radical (unpaired) electrons. The third-order valence-electron chi connectivity index (χ3n) is 5.81. The normalized spacial score (nSPS) is 15.3. The van der Waals surface area contributed by atoms with E-state index in [9.17, 15) is 9.59 Å². The molecule has 6 heteroatoms. The maximum atomic E-state index is 13.0. The van der Waals surface area contributed by atoms with Crippen molar-refractivity contribution < 1.29 is 14.0 Å². The standard InChI is InChI=1S/C25H27N3O3/c1-27(21-11-6-3-7-12-21)25(30)28-16-14-20(15-17-28)24(29)26-23(22-13-8-18-31-22)19-9-4-2-5-10-19/h2-13,18,20,23H,14-17H2,1H3,(H,26,29). The molecular formula is C25H27N3O3. The number of carbonyl (C=O) groups is 2. The van der Waals surface area contributed by atoms with Crippen molar-refractivity contribution in [3.8, 4) is 0 Å². The summed E-state index contributed by atoms with van der Waals surface area (Å²) in [6.07, 6.45) is 2.89. The number of para-hydroxylation sites is 1. The lowest BCUT2D eigenvalue weighted by atomic mass is 9.94. The Morgan fingerprint density at radius 3 is 2.23 bits per heavy atom. The lowest BCUT2D eigenvalue weighted by Crippen LogP contribution is -2.47. The van der Waals surface area contributed by atoms with Crippen LogP contribution in [0.5, 0.6) is 0 Å². The molecule has 6 nitrogen and oxygen atoms in total. The molecule has 1 aliphatic rings. The van der Waals surface area contributed by atoms with Gasteiger partial charge in [-0.15, -0.1) is 0 Å². The van der Waals surface area contributed by atoms with Crippen LogP contribution < -0.4 is 10.2 Å². The molecule has 1 unspecified atom stereocenters. The smallest absolute Gasteiger partial charge is 0.324 e. The lowest BCUT2D eigenvalue weighted by molar-refractivity contribution is -0.126. The van der Waals surface area contributed by atoms with Gasteiger partial charge in [-0.3, -0.25) is 9.69 Å². The minimum atomic E-state index is -0.326. The van der Waals surface area contributed by atoms with Crippen LogP contribution >= 0.6 is 0 Å². The number of likely N-dealkylation sites (tertiary alicyclic amines) is 1. The van der Waals surface area contributed by atoms with Crippen molar-refractivity contribution in [2.45, 2.75) is 18.9 Å². The quantitative estimate of drug-likeness (QED) is 0.667. The maximum Gasteiger partial charge on any atom is 0.324 e. The van der Waals surface area contributed by atoms with Crippen molar-refractivity contribution in [1.29, 1.82) is 0 Å². The van der Waals surface area contributed by atoms with E-state index in [4.69, 9.17) is 4.42 Å². The Morgan fingerprint density at radius 2 is 1.61 bits per heavy atom. The molecule has 1 atom stereocenters. The molecular weight excluding hydrogens is 390 g/mol. The van der Waals surface area contributed by atoms with E-state index in [2.05, 4.69) is 5.32 Å². The molecule has 1 fully saturated rings. The third kappa shape index (κ3) is 4.79. The molecule has 4 rings (SSSR count). The minimum Gasteiger partial charge on any atom is -0.467 e. The highest BCUT2D eigenvalue weighted by atomic mass is 16.3. The number of nitrogens with zero attached hydrogens (tertiary/aromatic N) is 2. The summed E-state index contributed by atoms with van der Waals surface area (Å²) in [5.41, 5.74) is 1.83. The average Bonchev–Trinajstić information content (AvgIpc) is 3.37. The highest BCUT2D eigenvalue weighted by Gasteiger charge is 2.31. The molecule has 1 saturated heterocycles. The Bertz CT molecular complexity index is 981. The van der Waals surface area contributed by atoms with Gasteiger partial charge in [-0.25, -0.2) is 4.79 Å². The number of benzene rings is 2. The highest BCUT2D eigenvalue weighted by molar-refractivity contribution is 5.91. The van der Waals surface area contributed by atoms with Crippen LogP contribution in [0, 0.1) is 5.92 Å². The second-order valence-corrected chi connectivity index (χ2v) is 7.81. The van der Waals surface area contributed by atoms with Gasteiger partial charge in [0.25, 0.3) is 0 Å². The first-order valence-electron chi connectivity index (χ1n) is 10.6. The largest absolute Gasteiger partial charge is 0.467 e. The molecule has 2 aromatic carbocycles. The number of nitrogens with one attached hydrogen (secondary N) is 1. The SMILES string of the molecule is CN(C(=O)N1CCC(C(=O)NC(c2ccccc2)c2ccco2)CC1)c1ccccc1. The molecule has 0 bridgehead atoms. The van der Waals surface area contributed by atoms with Crippen LogP contribution in [-0.2, 0) is 4.79 Å². The summed E-state index contributed by atoms with van der Waals surface area (Å²) in [5, 5.41) is 3.15. The van der Waals surface area contributed by atoms with Gasteiger partial charge in [0.2, 0.25) is 5.91 Å². The van der Waals surface area contributed by atoms with E-state index in [0.29, 0.717) is 31.7 Å². The second-order valence-electron chi connectivity index (χ2n) is 7.81. The van der Waals surface area contributed by atoms with Gasteiger partial charge in [-0.05, 0) is 42.7 Å². The number of amides is 3. The van der Waals surface area contributed by atoms with E-state index >= 15 is 0 Å². The number of rotatable bonds is 5. The summed E-state index contributed by atoms with van der Waals surface area (Å²) in [6, 6.07) is 22.7. The average molecular weight is 418 g/mol. The van der Waals surface area contributed by atoms with Crippen LogP contribution in [0.3, 0.4) is 0 Å². The number of piperidine rings is 1. The highest BCUT2D eigenvalue weighted by Crippen LogP contribution is 2.25. The summed E-state index contributed by atoms with van der Waals surface area (Å²) in [5.74, 6) is 0.567. The van der Waals surface area contributed by atoms with Crippen LogP contribution in [0.2, 0.25) is 0 Å². The summed E-state index contributed by atoms with van der Waals surface area (Å²) in [6.45, 7) is 1.12. The van der Waals surface area contributed by atoms with Crippen LogP contribution in [-0.4, -0.2) is 37.0 Å². The van der Waals surface area contributed by atoms with Gasteiger partial charge in [0.05, 0.1) is 6.26 Å². The van der Waals surface area contributed by atoms with E-state index in [-0.39, 0.29) is 23.9 Å². The van der Waals surface area contributed by atoms with Crippen molar-refractivity contribution >= 4 is 17.6 Å². The van der Waals surface area contributed by atoms with Crippen molar-refractivity contribution in [1.82, 2.24) is 10.2 Å². The number of furan rings is 1. The molecule has 0 aliphatic carbocycles. The Morgan fingerprint density at radius 1 is 0.968 bits per heavy atom. The first-order valence-corrected chi connectivity index (χ1v) is 10.6. The molecule has 31 heavy (non-hydrogen) atoms. The summed E-state index contributed by atoms with van der Waals surface area (Å²) in [7, 11) is 1.78. The minimum absolute atomic E-state index is 0.00577. The molecule has 1 aliphatic heterocycles. The van der Waals surface area contributed by atoms with E-state index in [1.807, 2.05) is 77.7 Å². The van der Waals surface area contributed by atoms with Crippen LogP contribution in [0.4, 0.5) is 10.5 Å². The van der Waals surface area contributed by atoms with E-state index in [1.54, 1.807) is 18.2 Å². The first-order chi connectivity index (χ1) is 15.1. The monoisotopic (exact) mass is 417 g/mol. The fourth-order valence-corrected chi connectivity index (χ4v) is 3.99. The van der Waals surface area contributed by atoms with Crippen molar-refractivity contribution in [3.63, 3.8) is 0 Å². The van der Waals surface area contributed by atoms with Gasteiger partial charge < -0.3 is 14.6 Å². The molecule has 3 amide bonds. The number of hydrogen-bond donors (Lipinski definition) is 1. The summed E-state index contributed by atoms with van der Waals surface area (Å²) < 4.78 is 5.58. The summed E-state index contributed by atoms with van der Waals surface area (Å²) >= 11 is 0. The Balaban J connectivity index is 1.37. The van der Waals surface area contributed by atoms with Crippen molar-refractivity contribution in [3.05, 3.63) is 90.4 Å². The molecule has 0 spiro atoms. The van der Waals surface area contributed by atoms with Gasteiger partial charge in [-0.2, -0.15) is 0 Å². The second kappa shape index (κ2) is 9.51. The van der Waals surface area contributed by atoms with Crippen molar-refractivity contribution in [2.75, 3.05) is 25.0 Å². The van der Waals surface area contributed by atoms with Crippen LogP contribution in [0.15, 0.2) is 83.5 Å². The first kappa shape index (κ1) is 20.7. The fraction of sp³-hybridized carbons (Fsp3) is 0.280. The van der Waals surface area contributed by atoms with Gasteiger partial charge in [0.1, 0.15) is 11.8 Å². The molecule has 1 N–H and O–H groups in total. The molecule has 1 aromatic heterocycles.